The molecule has 0 bridgehead atoms. The molecule has 2 nitrogen and oxygen atoms in total. The third-order valence-electron chi connectivity index (χ3n) is 12.0. The Morgan fingerprint density at radius 1 is 0.394 bits per heavy atom. The molecule has 0 aliphatic heterocycles. The minimum atomic E-state index is 0. The molecule has 66 heavy (non-hydrogen) atoms. The van der Waals surface area contributed by atoms with Crippen LogP contribution in [-0.2, 0) is 23.3 Å². The van der Waals surface area contributed by atoms with Gasteiger partial charge >= 0.3 is 41.9 Å². The largest absolute Gasteiger partial charge is 0.491 e. The summed E-state index contributed by atoms with van der Waals surface area (Å²) in [6, 6.07) is 56.1. The zero-order valence-electron chi connectivity index (χ0n) is 39.6. The Balaban J connectivity index is 0.000000196. The van der Waals surface area contributed by atoms with Gasteiger partial charge in [0, 0.05) is 11.1 Å². The van der Waals surface area contributed by atoms with Gasteiger partial charge in [0.05, 0.1) is 11.5 Å². The fourth-order valence-corrected chi connectivity index (χ4v) is 8.97. The molecular formula is C60H58Cl2O2SiZr. The van der Waals surface area contributed by atoms with Crippen LogP contribution in [0.2, 0.25) is 13.1 Å². The van der Waals surface area contributed by atoms with E-state index in [0.717, 1.165) is 45.3 Å². The van der Waals surface area contributed by atoms with Crippen LogP contribution in [0.4, 0.5) is 0 Å². The van der Waals surface area contributed by atoms with E-state index in [4.69, 9.17) is 8.83 Å². The standard InChI is InChI=1S/2C29H25O.C2H6Si.2ClH.Zr/c2*1-18-12-19(2)14-25(13-18)29-21(4)20(3)15-23-16-24(17-26(23)29)28-11-10-27(30-28)22-8-6-5-7-9-22;1-3-2;;;/h2*5-17H,1-4H3;1-2H3;2*1H;/q2*-1;;;;+2. The molecule has 0 N–H and O–H groups in total. The van der Waals surface area contributed by atoms with Crippen LogP contribution in [0.15, 0.2) is 167 Å². The van der Waals surface area contributed by atoms with Crippen LogP contribution in [-0.4, -0.2) is 5.43 Å². The van der Waals surface area contributed by atoms with Crippen molar-refractivity contribution in [1.29, 1.82) is 0 Å². The molecule has 2 aromatic heterocycles. The van der Waals surface area contributed by atoms with Crippen molar-refractivity contribution in [2.24, 2.45) is 0 Å². The Hall–Kier alpha value is -5.22. The Labute approximate surface area is 419 Å². The van der Waals surface area contributed by atoms with Crippen molar-refractivity contribution in [3.05, 3.63) is 202 Å². The van der Waals surface area contributed by atoms with Crippen LogP contribution in [0.5, 0.6) is 0 Å². The van der Waals surface area contributed by atoms with Crippen molar-refractivity contribution < 1.29 is 32.2 Å². The second kappa shape index (κ2) is 21.6. The summed E-state index contributed by atoms with van der Waals surface area (Å²) in [7, 11) is 0. The molecule has 0 spiro atoms. The van der Waals surface area contributed by atoms with Crippen LogP contribution in [0, 0.1) is 55.4 Å². The van der Waals surface area contributed by atoms with Crippen molar-refractivity contribution in [2.45, 2.75) is 68.5 Å². The number of hydrogen-bond acceptors (Lipinski definition) is 2. The van der Waals surface area contributed by atoms with Crippen molar-refractivity contribution >= 4 is 51.8 Å². The maximum atomic E-state index is 6.23. The summed E-state index contributed by atoms with van der Waals surface area (Å²) in [5, 5.41) is 5.10. The van der Waals surface area contributed by atoms with Crippen LogP contribution in [0.3, 0.4) is 0 Å². The van der Waals surface area contributed by atoms with Gasteiger partial charge < -0.3 is 8.83 Å². The molecule has 0 fully saturated rings. The van der Waals surface area contributed by atoms with Crippen LogP contribution >= 0.6 is 24.8 Å². The Kier molecular flexibility index (Phi) is 16.4. The topological polar surface area (TPSA) is 26.3 Å². The van der Waals surface area contributed by atoms with E-state index in [1.165, 1.54) is 88.3 Å². The van der Waals surface area contributed by atoms with Crippen molar-refractivity contribution in [2.75, 3.05) is 0 Å². The number of rotatable bonds is 6. The molecule has 0 amide bonds. The third kappa shape index (κ3) is 11.1. The number of hydrogen-bond donors (Lipinski definition) is 0. The first-order valence-electron chi connectivity index (χ1n) is 22.1. The molecule has 0 saturated heterocycles. The first kappa shape index (κ1) is 50.2. The van der Waals surface area contributed by atoms with Crippen LogP contribution in [0.25, 0.3) is 89.1 Å². The SMILES string of the molecule is C[Si](C)=[Zr+2].Cc1cc(C)cc(-c2c(C)c(C)cc3[cH-]c(-c4ccc(-c5ccccc5)o4)cc23)c1.Cc1cc(C)cc(-c2c(C)c(C)cc3[cH-]c(-c4ccc(-c5ccccc5)o4)cc23)c1.Cl.Cl. The minimum Gasteiger partial charge on any atom is -0.491 e. The summed E-state index contributed by atoms with van der Waals surface area (Å²) in [5.74, 6) is 3.62. The maximum absolute atomic E-state index is 6.23. The molecular weight excluding hydrogens is 943 g/mol. The maximum Gasteiger partial charge on any atom is 0.123 e. The average molecular weight is 1000 g/mol. The second-order valence-corrected chi connectivity index (χ2v) is 27.1. The number of furan rings is 2. The summed E-state index contributed by atoms with van der Waals surface area (Å²) in [6.45, 7) is 22.2. The van der Waals surface area contributed by atoms with Crippen molar-refractivity contribution in [3.63, 3.8) is 0 Å². The molecule has 0 aliphatic rings. The zero-order valence-corrected chi connectivity index (χ0v) is 44.7. The van der Waals surface area contributed by atoms with E-state index in [0.29, 0.717) is 0 Å². The molecule has 0 saturated carbocycles. The fraction of sp³-hybridized carbons (Fsp3) is 0.167. The summed E-state index contributed by atoms with van der Waals surface area (Å²) < 4.78 is 12.5. The fourth-order valence-electron chi connectivity index (χ4n) is 8.97. The van der Waals surface area contributed by atoms with E-state index < -0.39 is 0 Å². The summed E-state index contributed by atoms with van der Waals surface area (Å²) >= 11 is 1.74. The first-order valence-corrected chi connectivity index (χ1v) is 28.3. The Morgan fingerprint density at radius 2 is 0.712 bits per heavy atom. The Bertz CT molecular complexity index is 3030. The minimum absolute atomic E-state index is 0. The van der Waals surface area contributed by atoms with Gasteiger partial charge in [0.15, 0.2) is 0 Å². The van der Waals surface area contributed by atoms with Gasteiger partial charge in [-0.1, -0.05) is 153 Å². The van der Waals surface area contributed by atoms with Crippen LogP contribution in [0.1, 0.15) is 44.5 Å². The van der Waals surface area contributed by atoms with E-state index >= 15 is 0 Å². The molecule has 0 unspecified atom stereocenters. The molecule has 10 rings (SSSR count). The molecule has 332 valence electrons. The molecule has 2 heterocycles. The number of halogens is 2. The van der Waals surface area contributed by atoms with Gasteiger partial charge in [-0.05, 0) is 102 Å². The molecule has 6 heteroatoms. The van der Waals surface area contributed by atoms with Gasteiger partial charge in [-0.2, -0.15) is 0 Å². The molecule has 0 aliphatic carbocycles. The second-order valence-electron chi connectivity index (χ2n) is 17.7. The number of fused-ring (bicyclic) bond motifs is 2. The van der Waals surface area contributed by atoms with E-state index in [-0.39, 0.29) is 30.2 Å². The van der Waals surface area contributed by atoms with Crippen molar-refractivity contribution in [1.82, 2.24) is 0 Å². The van der Waals surface area contributed by atoms with E-state index in [1.807, 2.05) is 36.4 Å². The van der Waals surface area contributed by atoms with Gasteiger partial charge in [0.2, 0.25) is 0 Å². The van der Waals surface area contributed by atoms with E-state index in [2.05, 4.69) is 190 Å². The summed E-state index contributed by atoms with van der Waals surface area (Å²) in [6.07, 6.45) is 0. The van der Waals surface area contributed by atoms with E-state index in [9.17, 15) is 0 Å². The van der Waals surface area contributed by atoms with Gasteiger partial charge in [0.25, 0.3) is 0 Å². The van der Waals surface area contributed by atoms with Gasteiger partial charge in [0.1, 0.15) is 11.5 Å². The summed E-state index contributed by atoms with van der Waals surface area (Å²) in [5.41, 5.74) is 20.4. The normalized spacial score (nSPS) is 10.7. The first-order chi connectivity index (χ1) is 30.7. The monoisotopic (exact) mass is 998 g/mol. The average Bonchev–Trinajstić information content (AvgIpc) is 4.09. The molecule has 10 aromatic rings. The number of benzene rings is 6. The molecule has 0 atom stereocenters. The predicted octanol–water partition coefficient (Wildman–Crippen LogP) is 18.4. The van der Waals surface area contributed by atoms with Crippen molar-refractivity contribution in [3.8, 4) is 67.5 Å². The predicted molar refractivity (Wildman–Crippen MR) is 286 cm³/mol. The third-order valence-corrected chi connectivity index (χ3v) is 12.0. The van der Waals surface area contributed by atoms with Gasteiger partial charge in [-0.3, -0.25) is 0 Å². The van der Waals surface area contributed by atoms with Crippen LogP contribution < -0.4 is 0 Å². The Morgan fingerprint density at radius 3 is 1.05 bits per heavy atom. The molecule has 8 aromatic carbocycles. The molecule has 0 radical (unpaired) electrons. The quantitative estimate of drug-likeness (QED) is 0.123. The van der Waals surface area contributed by atoms with E-state index in [1.54, 1.807) is 23.3 Å². The number of aryl methyl sites for hydroxylation is 6. The summed E-state index contributed by atoms with van der Waals surface area (Å²) in [4.78, 5) is 0. The zero-order chi connectivity index (χ0) is 45.2. The van der Waals surface area contributed by atoms with Gasteiger partial charge in [-0.15, -0.1) is 82.8 Å². The smallest absolute Gasteiger partial charge is 0.123 e. The van der Waals surface area contributed by atoms with Gasteiger partial charge in [-0.25, -0.2) is 0 Å².